The fourth-order valence-electron chi connectivity index (χ4n) is 2.14. The fraction of sp³-hybridized carbons (Fsp3) is 0.429. The van der Waals surface area contributed by atoms with Crippen molar-refractivity contribution in [1.29, 1.82) is 0 Å². The second-order valence-electron chi connectivity index (χ2n) is 5.98. The number of aryl methyl sites for hydroxylation is 1. The van der Waals surface area contributed by atoms with Crippen molar-refractivity contribution in [1.82, 2.24) is 0 Å². The Kier molecular flexibility index (Phi) is 10.2. The van der Waals surface area contributed by atoms with Crippen molar-refractivity contribution in [3.63, 3.8) is 0 Å². The first-order valence-electron chi connectivity index (χ1n) is 9.05. The number of benzene rings is 2. The van der Waals surface area contributed by atoms with Crippen molar-refractivity contribution >= 4 is 17.1 Å². The lowest BCUT2D eigenvalue weighted by Gasteiger charge is -2.01. The number of nitrogens with zero attached hydrogens (tertiary/aromatic N) is 2. The standard InChI is InChI=1S/C18H23N3.C3H8/c1-2-3-4-5-6-15-7-11-17(12-8-15)20-21-18-13-9-16(19)10-14-18;1-3-2/h7-14H,2-6,19H2,1H3;3H2,1-2H3. The Morgan fingerprint density at radius 3 is 1.71 bits per heavy atom. The molecule has 3 nitrogen and oxygen atoms in total. The van der Waals surface area contributed by atoms with Crippen LogP contribution < -0.4 is 5.73 Å². The van der Waals surface area contributed by atoms with E-state index in [9.17, 15) is 0 Å². The lowest BCUT2D eigenvalue weighted by molar-refractivity contribution is 0.667. The van der Waals surface area contributed by atoms with E-state index in [-0.39, 0.29) is 0 Å². The van der Waals surface area contributed by atoms with Gasteiger partial charge in [-0.15, -0.1) is 0 Å². The van der Waals surface area contributed by atoms with Gasteiger partial charge < -0.3 is 5.73 Å². The van der Waals surface area contributed by atoms with E-state index in [1.165, 1.54) is 37.7 Å². The summed E-state index contributed by atoms with van der Waals surface area (Å²) < 4.78 is 0. The number of rotatable bonds is 7. The summed E-state index contributed by atoms with van der Waals surface area (Å²) in [5.74, 6) is 0. The lowest BCUT2D eigenvalue weighted by atomic mass is 10.1. The molecule has 0 unspecified atom stereocenters. The molecule has 0 saturated heterocycles. The molecule has 2 rings (SSSR count). The average Bonchev–Trinajstić information content (AvgIpc) is 2.60. The molecule has 0 aliphatic heterocycles. The topological polar surface area (TPSA) is 50.7 Å². The van der Waals surface area contributed by atoms with Gasteiger partial charge in [0, 0.05) is 5.69 Å². The molecule has 0 fully saturated rings. The molecule has 0 bridgehead atoms. The van der Waals surface area contributed by atoms with Gasteiger partial charge in [-0.05, 0) is 54.8 Å². The Morgan fingerprint density at radius 2 is 1.21 bits per heavy atom. The molecule has 3 heteroatoms. The van der Waals surface area contributed by atoms with Gasteiger partial charge in [-0.3, -0.25) is 0 Å². The first kappa shape index (κ1) is 19.9. The number of hydrogen-bond acceptors (Lipinski definition) is 3. The fourth-order valence-corrected chi connectivity index (χ4v) is 2.14. The second kappa shape index (κ2) is 12.3. The van der Waals surface area contributed by atoms with Crippen molar-refractivity contribution in [2.45, 2.75) is 59.3 Å². The van der Waals surface area contributed by atoms with Crippen molar-refractivity contribution in [2.75, 3.05) is 5.73 Å². The molecule has 0 spiro atoms. The SMILES string of the molecule is CCC.CCCCCCc1ccc(N=Nc2ccc(N)cc2)cc1. The molecule has 0 aliphatic rings. The molecule has 24 heavy (non-hydrogen) atoms. The van der Waals surface area contributed by atoms with E-state index in [1.807, 2.05) is 36.4 Å². The Hall–Kier alpha value is -2.16. The van der Waals surface area contributed by atoms with E-state index < -0.39 is 0 Å². The predicted molar refractivity (Wildman–Crippen MR) is 105 cm³/mol. The Morgan fingerprint density at radius 1 is 0.708 bits per heavy atom. The quantitative estimate of drug-likeness (QED) is 0.326. The minimum atomic E-state index is 0.737. The molecule has 0 heterocycles. The van der Waals surface area contributed by atoms with Crippen molar-refractivity contribution in [3.8, 4) is 0 Å². The highest BCUT2D eigenvalue weighted by molar-refractivity contribution is 5.48. The second-order valence-corrected chi connectivity index (χ2v) is 5.98. The van der Waals surface area contributed by atoms with Crippen LogP contribution >= 0.6 is 0 Å². The molecule has 2 N–H and O–H groups in total. The number of nitrogen functional groups attached to an aromatic ring is 1. The normalized spacial score (nSPS) is 10.5. The highest BCUT2D eigenvalue weighted by Gasteiger charge is 1.95. The van der Waals surface area contributed by atoms with Crippen LogP contribution in [0.2, 0.25) is 0 Å². The van der Waals surface area contributed by atoms with Gasteiger partial charge in [0.15, 0.2) is 0 Å². The van der Waals surface area contributed by atoms with Crippen LogP contribution in [0.3, 0.4) is 0 Å². The highest BCUT2D eigenvalue weighted by atomic mass is 15.1. The maximum atomic E-state index is 5.64. The smallest absolute Gasteiger partial charge is 0.0858 e. The van der Waals surface area contributed by atoms with Crippen LogP contribution in [0.1, 0.15) is 58.4 Å². The van der Waals surface area contributed by atoms with Gasteiger partial charge in [0.25, 0.3) is 0 Å². The number of unbranched alkanes of at least 4 members (excludes halogenated alkanes) is 3. The molecule has 2 aromatic rings. The van der Waals surface area contributed by atoms with Crippen molar-refractivity contribution < 1.29 is 0 Å². The van der Waals surface area contributed by atoms with Crippen molar-refractivity contribution in [2.24, 2.45) is 10.2 Å². The molecule has 130 valence electrons. The molecule has 2 aromatic carbocycles. The van der Waals surface area contributed by atoms with Crippen LogP contribution in [0.15, 0.2) is 58.8 Å². The highest BCUT2D eigenvalue weighted by Crippen LogP contribution is 2.20. The van der Waals surface area contributed by atoms with E-state index in [1.54, 1.807) is 0 Å². The zero-order chi connectivity index (χ0) is 17.6. The molecule has 0 aliphatic carbocycles. The average molecular weight is 326 g/mol. The summed E-state index contributed by atoms with van der Waals surface area (Å²) in [6.45, 7) is 6.49. The molecule has 0 aromatic heterocycles. The van der Waals surface area contributed by atoms with E-state index >= 15 is 0 Å². The number of hydrogen-bond donors (Lipinski definition) is 1. The largest absolute Gasteiger partial charge is 0.399 e. The molecule has 0 saturated carbocycles. The minimum Gasteiger partial charge on any atom is -0.399 e. The Bertz CT molecular complexity index is 571. The van der Waals surface area contributed by atoms with Gasteiger partial charge in [0.2, 0.25) is 0 Å². The zero-order valence-corrected chi connectivity index (χ0v) is 15.3. The number of azo groups is 1. The predicted octanol–water partition coefficient (Wildman–Crippen LogP) is 7.22. The van der Waals surface area contributed by atoms with E-state index in [2.05, 4.69) is 43.1 Å². The molecular weight excluding hydrogens is 294 g/mol. The first-order chi connectivity index (χ1) is 11.7. The Balaban J connectivity index is 0.000000891. The van der Waals surface area contributed by atoms with Crippen LogP contribution in [0, 0.1) is 0 Å². The van der Waals surface area contributed by atoms with E-state index in [0.29, 0.717) is 0 Å². The summed E-state index contributed by atoms with van der Waals surface area (Å²) in [5, 5.41) is 8.44. The van der Waals surface area contributed by atoms with Gasteiger partial charge in [0.1, 0.15) is 0 Å². The van der Waals surface area contributed by atoms with Crippen LogP contribution in [-0.4, -0.2) is 0 Å². The summed E-state index contributed by atoms with van der Waals surface area (Å²) in [6.07, 6.45) is 7.59. The summed E-state index contributed by atoms with van der Waals surface area (Å²) in [7, 11) is 0. The molecular formula is C21H31N3. The number of nitrogens with two attached hydrogens (primary N) is 1. The van der Waals surface area contributed by atoms with E-state index in [0.717, 1.165) is 23.5 Å². The third kappa shape index (κ3) is 8.47. The summed E-state index contributed by atoms with van der Waals surface area (Å²) in [6, 6.07) is 15.7. The number of anilines is 1. The maximum absolute atomic E-state index is 5.64. The van der Waals surface area contributed by atoms with Gasteiger partial charge in [0.05, 0.1) is 11.4 Å². The van der Waals surface area contributed by atoms with Crippen LogP contribution in [0.5, 0.6) is 0 Å². The van der Waals surface area contributed by atoms with Gasteiger partial charge >= 0.3 is 0 Å². The van der Waals surface area contributed by atoms with Crippen LogP contribution in [0.25, 0.3) is 0 Å². The maximum Gasteiger partial charge on any atom is 0.0858 e. The summed E-state index contributed by atoms with van der Waals surface area (Å²) >= 11 is 0. The molecule has 0 atom stereocenters. The Labute approximate surface area is 147 Å². The van der Waals surface area contributed by atoms with Gasteiger partial charge in [-0.25, -0.2) is 0 Å². The molecule has 0 amide bonds. The third-order valence-corrected chi connectivity index (χ3v) is 3.43. The zero-order valence-electron chi connectivity index (χ0n) is 15.3. The van der Waals surface area contributed by atoms with Crippen molar-refractivity contribution in [3.05, 3.63) is 54.1 Å². The van der Waals surface area contributed by atoms with Gasteiger partial charge in [-0.2, -0.15) is 10.2 Å². The summed E-state index contributed by atoms with van der Waals surface area (Å²) in [5.41, 5.74) is 9.44. The third-order valence-electron chi connectivity index (χ3n) is 3.43. The van der Waals surface area contributed by atoms with Crippen LogP contribution in [0.4, 0.5) is 17.1 Å². The summed E-state index contributed by atoms with van der Waals surface area (Å²) in [4.78, 5) is 0. The first-order valence-corrected chi connectivity index (χ1v) is 9.05. The molecule has 0 radical (unpaired) electrons. The lowest BCUT2D eigenvalue weighted by Crippen LogP contribution is -1.84. The van der Waals surface area contributed by atoms with Gasteiger partial charge in [-0.1, -0.05) is 58.6 Å². The van der Waals surface area contributed by atoms with E-state index in [4.69, 9.17) is 5.73 Å². The van der Waals surface area contributed by atoms with Crippen LogP contribution in [-0.2, 0) is 6.42 Å². The monoisotopic (exact) mass is 325 g/mol. The minimum absolute atomic E-state index is 0.737.